The van der Waals surface area contributed by atoms with E-state index in [1.54, 1.807) is 0 Å². The highest BCUT2D eigenvalue weighted by Gasteiger charge is 2.47. The third-order valence-corrected chi connectivity index (χ3v) is 8.80. The first kappa shape index (κ1) is 17.3. The van der Waals surface area contributed by atoms with Crippen molar-refractivity contribution < 1.29 is 16.8 Å². The van der Waals surface area contributed by atoms with Gasteiger partial charge in [0.1, 0.15) is 5.25 Å². The zero-order valence-electron chi connectivity index (χ0n) is 13.6. The minimum Gasteiger partial charge on any atom is -0.212 e. The Hall–Kier alpha value is -1.15. The van der Waals surface area contributed by atoms with Crippen molar-refractivity contribution in [2.24, 2.45) is 0 Å². The molecule has 11 nitrogen and oxygen atoms in total. The van der Waals surface area contributed by atoms with Crippen LogP contribution in [0.25, 0.3) is 0 Å². The summed E-state index contributed by atoms with van der Waals surface area (Å²) in [5, 5.41) is 13.2. The maximum atomic E-state index is 12.7. The first-order valence-electron chi connectivity index (χ1n) is 8.36. The molecule has 3 heterocycles. The van der Waals surface area contributed by atoms with Crippen molar-refractivity contribution in [3.05, 3.63) is 5.82 Å². The van der Waals surface area contributed by atoms with E-state index in [1.165, 1.54) is 8.61 Å². The summed E-state index contributed by atoms with van der Waals surface area (Å²) in [6.07, 6.45) is 2.97. The maximum Gasteiger partial charge on any atom is 0.282 e. The number of nitrogens with one attached hydrogen (secondary N) is 2. The molecule has 0 bridgehead atoms. The van der Waals surface area contributed by atoms with E-state index < -0.39 is 25.5 Å². The van der Waals surface area contributed by atoms with E-state index in [0.29, 0.717) is 31.8 Å². The van der Waals surface area contributed by atoms with Gasteiger partial charge in [-0.05, 0) is 25.7 Å². The molecule has 2 saturated heterocycles. The molecule has 1 aromatic heterocycles. The van der Waals surface area contributed by atoms with E-state index in [9.17, 15) is 16.8 Å². The quantitative estimate of drug-likeness (QED) is 0.594. The zero-order chi connectivity index (χ0) is 17.7. The van der Waals surface area contributed by atoms with Gasteiger partial charge in [-0.15, -0.1) is 10.2 Å². The fraction of sp³-hybridized carbons (Fsp3) is 0.917. The summed E-state index contributed by atoms with van der Waals surface area (Å²) in [5.41, 5.74) is 0. The summed E-state index contributed by atoms with van der Waals surface area (Å²) in [6, 6.07) is 0.0415. The van der Waals surface area contributed by atoms with Crippen molar-refractivity contribution in [3.8, 4) is 0 Å². The highest BCUT2D eigenvalue weighted by Crippen LogP contribution is 2.30. The Morgan fingerprint density at radius 2 is 1.68 bits per heavy atom. The van der Waals surface area contributed by atoms with Crippen LogP contribution in [0.1, 0.15) is 37.4 Å². The highest BCUT2D eigenvalue weighted by molar-refractivity contribution is 7.90. The van der Waals surface area contributed by atoms with Crippen molar-refractivity contribution in [2.45, 2.75) is 42.9 Å². The molecule has 3 fully saturated rings. The summed E-state index contributed by atoms with van der Waals surface area (Å²) in [5.74, 6) is 0.704. The van der Waals surface area contributed by atoms with Crippen LogP contribution in [0, 0.1) is 0 Å². The Labute approximate surface area is 146 Å². The van der Waals surface area contributed by atoms with Crippen LogP contribution in [0.3, 0.4) is 0 Å². The normalized spacial score (nSPS) is 25.1. The molecule has 140 valence electrons. The molecule has 0 aromatic carbocycles. The van der Waals surface area contributed by atoms with Gasteiger partial charge < -0.3 is 0 Å². The van der Waals surface area contributed by atoms with Crippen molar-refractivity contribution in [3.63, 3.8) is 0 Å². The molecule has 25 heavy (non-hydrogen) atoms. The van der Waals surface area contributed by atoms with Crippen molar-refractivity contribution >= 4 is 20.2 Å². The first-order valence-corrected chi connectivity index (χ1v) is 11.3. The molecule has 1 aromatic rings. The Morgan fingerprint density at radius 3 is 2.24 bits per heavy atom. The zero-order valence-corrected chi connectivity index (χ0v) is 15.2. The molecule has 3 aliphatic rings. The number of sulfonamides is 1. The van der Waals surface area contributed by atoms with E-state index in [2.05, 4.69) is 25.3 Å². The molecular formula is C12H21N7O4S2. The second kappa shape index (κ2) is 6.23. The lowest BCUT2D eigenvalue weighted by molar-refractivity contribution is 0.248. The van der Waals surface area contributed by atoms with E-state index in [1.807, 2.05) is 0 Å². The number of piperidine rings is 1. The molecular weight excluding hydrogens is 370 g/mol. The second-order valence-corrected chi connectivity index (χ2v) is 10.7. The van der Waals surface area contributed by atoms with Crippen LogP contribution in [0.5, 0.6) is 0 Å². The lowest BCUT2D eigenvalue weighted by Gasteiger charge is -2.41. The summed E-state index contributed by atoms with van der Waals surface area (Å²) >= 11 is 0. The smallest absolute Gasteiger partial charge is 0.212 e. The Bertz CT molecular complexity index is 808. The summed E-state index contributed by atoms with van der Waals surface area (Å²) in [7, 11) is -7.04. The van der Waals surface area contributed by atoms with E-state index in [-0.39, 0.29) is 25.0 Å². The van der Waals surface area contributed by atoms with Gasteiger partial charge in [0.25, 0.3) is 10.2 Å². The van der Waals surface area contributed by atoms with Crippen molar-refractivity contribution in [2.75, 3.05) is 26.2 Å². The van der Waals surface area contributed by atoms with Crippen LogP contribution < -0.4 is 4.72 Å². The Kier molecular flexibility index (Phi) is 4.30. The Morgan fingerprint density at radius 1 is 1.00 bits per heavy atom. The topological polar surface area (TPSA) is 141 Å². The standard InChI is InChI=1S/C12H21N7O4S2/c20-24(21,15-10-1-2-10)11-7-19(8-11)25(22,23)18-5-3-9(4-6-18)12-13-16-17-14-12/h9-11,15H,1-8H2,(H,13,14,16,17). The Balaban J connectivity index is 1.32. The van der Waals surface area contributed by atoms with Gasteiger partial charge in [0, 0.05) is 38.1 Å². The van der Waals surface area contributed by atoms with Crippen molar-refractivity contribution in [1.29, 1.82) is 0 Å². The van der Waals surface area contributed by atoms with Gasteiger partial charge in [-0.3, -0.25) is 0 Å². The number of aromatic amines is 1. The second-order valence-electron chi connectivity index (χ2n) is 6.83. The average molecular weight is 391 g/mol. The number of tetrazole rings is 1. The largest absolute Gasteiger partial charge is 0.282 e. The van der Waals surface area contributed by atoms with E-state index in [4.69, 9.17) is 0 Å². The average Bonchev–Trinajstić information content (AvgIpc) is 3.14. The van der Waals surface area contributed by atoms with E-state index in [0.717, 1.165) is 12.8 Å². The number of rotatable bonds is 6. The predicted molar refractivity (Wildman–Crippen MR) is 87.1 cm³/mol. The fourth-order valence-corrected chi connectivity index (χ4v) is 6.74. The molecule has 0 radical (unpaired) electrons. The molecule has 1 aliphatic carbocycles. The van der Waals surface area contributed by atoms with Gasteiger partial charge in [-0.2, -0.15) is 22.2 Å². The van der Waals surface area contributed by atoms with Gasteiger partial charge in [0.05, 0.1) is 0 Å². The minimum atomic E-state index is -3.61. The molecule has 0 amide bonds. The van der Waals surface area contributed by atoms with Gasteiger partial charge in [0.2, 0.25) is 10.0 Å². The molecule has 13 heteroatoms. The summed E-state index contributed by atoms with van der Waals surface area (Å²) < 4.78 is 54.8. The first-order chi connectivity index (χ1) is 11.9. The molecule has 0 spiro atoms. The lowest BCUT2D eigenvalue weighted by atomic mass is 9.98. The van der Waals surface area contributed by atoms with Gasteiger partial charge in [0.15, 0.2) is 5.82 Å². The van der Waals surface area contributed by atoms with Gasteiger partial charge >= 0.3 is 0 Å². The number of nitrogens with zero attached hydrogens (tertiary/aromatic N) is 5. The molecule has 2 aliphatic heterocycles. The molecule has 0 unspecified atom stereocenters. The van der Waals surface area contributed by atoms with Gasteiger partial charge in [-0.1, -0.05) is 5.21 Å². The number of hydrogen-bond acceptors (Lipinski definition) is 7. The fourth-order valence-electron chi connectivity index (χ4n) is 3.17. The monoisotopic (exact) mass is 391 g/mol. The third kappa shape index (κ3) is 3.43. The van der Waals surface area contributed by atoms with Crippen LogP contribution in [-0.4, -0.2) is 83.5 Å². The molecule has 1 saturated carbocycles. The molecule has 2 N–H and O–H groups in total. The van der Waals surface area contributed by atoms with Crippen LogP contribution in [0.15, 0.2) is 0 Å². The molecule has 4 rings (SSSR count). The number of hydrogen-bond donors (Lipinski definition) is 2. The number of aromatic nitrogens is 4. The number of H-pyrrole nitrogens is 1. The van der Waals surface area contributed by atoms with Crippen molar-refractivity contribution in [1.82, 2.24) is 34.0 Å². The van der Waals surface area contributed by atoms with Crippen LogP contribution in [-0.2, 0) is 20.2 Å². The van der Waals surface area contributed by atoms with Gasteiger partial charge in [-0.25, -0.2) is 13.1 Å². The van der Waals surface area contributed by atoms with Crippen LogP contribution in [0.4, 0.5) is 0 Å². The SMILES string of the molecule is O=S(=O)(NC1CC1)C1CN(S(=O)(=O)N2CCC(c3nn[nH]n3)CC2)C1. The lowest BCUT2D eigenvalue weighted by Crippen LogP contribution is -2.62. The van der Waals surface area contributed by atoms with Crippen LogP contribution in [0.2, 0.25) is 0 Å². The maximum absolute atomic E-state index is 12.7. The summed E-state index contributed by atoms with van der Waals surface area (Å²) in [4.78, 5) is 0. The third-order valence-electron chi connectivity index (χ3n) is 5.00. The molecule has 0 atom stereocenters. The van der Waals surface area contributed by atoms with Crippen LogP contribution >= 0.6 is 0 Å². The van der Waals surface area contributed by atoms with E-state index >= 15 is 0 Å². The summed E-state index contributed by atoms with van der Waals surface area (Å²) in [6.45, 7) is 0.788. The predicted octanol–water partition coefficient (Wildman–Crippen LogP) is -1.61. The minimum absolute atomic E-state index is 0.0230. The highest BCUT2D eigenvalue weighted by atomic mass is 32.2.